The highest BCUT2D eigenvalue weighted by Crippen LogP contribution is 2.70. The van der Waals surface area contributed by atoms with Crippen LogP contribution in [0.25, 0.3) is 0 Å². The first-order valence-electron chi connectivity index (χ1n) is 19.5. The number of carbonyl (C=O) groups is 6. The summed E-state index contributed by atoms with van der Waals surface area (Å²) < 4.78 is 13.5. The van der Waals surface area contributed by atoms with Crippen molar-refractivity contribution in [2.24, 2.45) is 28.6 Å². The lowest BCUT2D eigenvalue weighted by molar-refractivity contribution is -0.201. The number of aliphatic hydroxyl groups excluding tert-OH is 2. The minimum absolute atomic E-state index is 0.00756. The van der Waals surface area contributed by atoms with Gasteiger partial charge in [0.25, 0.3) is 0 Å². The third-order valence-corrected chi connectivity index (χ3v) is 14.6. The number of ether oxygens (including phenoxy) is 2. The molecule has 4 fully saturated rings. The highest BCUT2D eigenvalue weighted by atomic mass is 79.9. The SMILES string of the molecule is C[C@]12C=CC(=O)C=C1CC[C@@H]1[C@@H]2[C@@H](O)C[C@@]2(C)[C@H]1C[C@H]1O[C@@H](c3cscc3Cc3cccc(NC(=O)[C@H](CCC(=O)O)NC(=O)CNC(=O)CBr)c3)O[C@]12C(=O)CO. The molecule has 58 heavy (non-hydrogen) atoms. The number of ketones is 2. The quantitative estimate of drug-likeness (QED) is 0.150. The first-order chi connectivity index (χ1) is 27.6. The first kappa shape index (κ1) is 42.1. The van der Waals surface area contributed by atoms with Gasteiger partial charge >= 0.3 is 5.97 Å². The molecule has 0 bridgehead atoms. The molecule has 2 heterocycles. The average molecular weight is 883 g/mol. The molecule has 0 spiro atoms. The number of Topliss-reactive ketones (excluding diaryl/α,β-unsaturated/α-hetero) is 1. The summed E-state index contributed by atoms with van der Waals surface area (Å²) in [4.78, 5) is 74.9. The number of anilines is 1. The molecule has 1 aromatic heterocycles. The molecule has 1 aromatic carbocycles. The number of amides is 3. The van der Waals surface area contributed by atoms with Gasteiger partial charge < -0.3 is 40.7 Å². The molecule has 0 unspecified atom stereocenters. The molecule has 310 valence electrons. The third kappa shape index (κ3) is 7.51. The number of rotatable bonds is 14. The van der Waals surface area contributed by atoms with Crippen LogP contribution in [0.3, 0.4) is 0 Å². The summed E-state index contributed by atoms with van der Waals surface area (Å²) in [7, 11) is 0. The number of halogens is 1. The predicted octanol–water partition coefficient (Wildman–Crippen LogP) is 3.74. The van der Waals surface area contributed by atoms with Gasteiger partial charge in [0, 0.05) is 34.4 Å². The summed E-state index contributed by atoms with van der Waals surface area (Å²) in [6.07, 6.45) is 5.00. The van der Waals surface area contributed by atoms with Crippen molar-refractivity contribution in [3.05, 3.63) is 75.5 Å². The fourth-order valence-electron chi connectivity index (χ4n) is 10.7. The number of carboxylic acids is 1. The van der Waals surface area contributed by atoms with Crippen LogP contribution in [0.4, 0.5) is 5.69 Å². The maximum Gasteiger partial charge on any atom is 0.303 e. The van der Waals surface area contributed by atoms with Crippen LogP contribution in [-0.4, -0.2) is 92.9 Å². The second-order valence-electron chi connectivity index (χ2n) is 16.5. The van der Waals surface area contributed by atoms with E-state index in [-0.39, 0.29) is 54.7 Å². The fourth-order valence-corrected chi connectivity index (χ4v) is 11.8. The van der Waals surface area contributed by atoms with Gasteiger partial charge in [-0.05, 0) is 96.5 Å². The van der Waals surface area contributed by atoms with E-state index in [1.165, 1.54) is 11.3 Å². The smallest absolute Gasteiger partial charge is 0.303 e. The summed E-state index contributed by atoms with van der Waals surface area (Å²) in [6.45, 7) is 2.97. The van der Waals surface area contributed by atoms with Gasteiger partial charge in [-0.1, -0.05) is 53.6 Å². The van der Waals surface area contributed by atoms with Crippen LogP contribution in [0.2, 0.25) is 0 Å². The van der Waals surface area contributed by atoms with Gasteiger partial charge in [-0.2, -0.15) is 11.3 Å². The van der Waals surface area contributed by atoms with E-state index < -0.39 is 77.1 Å². The van der Waals surface area contributed by atoms with Gasteiger partial charge in [0.2, 0.25) is 17.7 Å². The van der Waals surface area contributed by atoms with Crippen molar-refractivity contribution < 1.29 is 53.6 Å². The van der Waals surface area contributed by atoms with Crippen molar-refractivity contribution in [3.63, 3.8) is 0 Å². The summed E-state index contributed by atoms with van der Waals surface area (Å²) in [5.74, 6) is -3.49. The zero-order valence-corrected chi connectivity index (χ0v) is 34.6. The molecule has 10 atom stereocenters. The molecule has 0 radical (unpaired) electrons. The Hall–Kier alpha value is -4.06. The zero-order valence-electron chi connectivity index (χ0n) is 32.2. The van der Waals surface area contributed by atoms with Crippen LogP contribution in [0.15, 0.2) is 58.8 Å². The number of allylic oxidation sites excluding steroid dienone is 4. The molecule has 7 rings (SSSR count). The summed E-state index contributed by atoms with van der Waals surface area (Å²) in [5.41, 5.74) is 1.04. The predicted molar refractivity (Wildman–Crippen MR) is 215 cm³/mol. The van der Waals surface area contributed by atoms with Crippen molar-refractivity contribution in [1.82, 2.24) is 10.6 Å². The van der Waals surface area contributed by atoms with E-state index >= 15 is 0 Å². The van der Waals surface area contributed by atoms with Gasteiger partial charge in [0.05, 0.1) is 24.1 Å². The molecule has 5 aliphatic rings. The highest BCUT2D eigenvalue weighted by molar-refractivity contribution is 9.09. The molecule has 4 aliphatic carbocycles. The van der Waals surface area contributed by atoms with Crippen LogP contribution >= 0.6 is 27.3 Å². The Kier molecular flexibility index (Phi) is 12.0. The Bertz CT molecular complexity index is 2070. The molecule has 16 heteroatoms. The van der Waals surface area contributed by atoms with E-state index in [4.69, 9.17) is 9.47 Å². The number of aliphatic hydroxyl groups is 2. The Morgan fingerprint density at radius 1 is 1.12 bits per heavy atom. The summed E-state index contributed by atoms with van der Waals surface area (Å²) >= 11 is 4.44. The fraction of sp³-hybridized carbons (Fsp3) is 0.524. The van der Waals surface area contributed by atoms with E-state index in [1.807, 2.05) is 29.8 Å². The highest BCUT2D eigenvalue weighted by Gasteiger charge is 2.76. The number of alkyl halides is 1. The molecular weight excluding hydrogens is 834 g/mol. The number of aliphatic carboxylic acids is 1. The Morgan fingerprint density at radius 2 is 1.91 bits per heavy atom. The summed E-state index contributed by atoms with van der Waals surface area (Å²) in [6, 6.07) is 5.90. The van der Waals surface area contributed by atoms with Gasteiger partial charge in [-0.15, -0.1) is 0 Å². The third-order valence-electron chi connectivity index (χ3n) is 13.3. The number of carboxylic acid groups (broad SMARTS) is 1. The maximum absolute atomic E-state index is 14.0. The minimum Gasteiger partial charge on any atom is -0.481 e. The second-order valence-corrected chi connectivity index (χ2v) is 17.8. The molecule has 6 N–H and O–H groups in total. The van der Waals surface area contributed by atoms with E-state index in [0.29, 0.717) is 24.9 Å². The molecule has 14 nitrogen and oxygen atoms in total. The number of hydrogen-bond acceptors (Lipinski definition) is 11. The molecule has 3 saturated carbocycles. The van der Waals surface area contributed by atoms with Crippen molar-refractivity contribution >= 4 is 68.2 Å². The summed E-state index contributed by atoms with van der Waals surface area (Å²) in [5, 5.41) is 43.2. The van der Waals surface area contributed by atoms with Crippen LogP contribution in [0.1, 0.15) is 75.4 Å². The monoisotopic (exact) mass is 881 g/mol. The molecule has 2 aromatic rings. The molecule has 1 saturated heterocycles. The van der Waals surface area contributed by atoms with Crippen LogP contribution < -0.4 is 16.0 Å². The minimum atomic E-state index is -1.49. The van der Waals surface area contributed by atoms with E-state index in [0.717, 1.165) is 28.7 Å². The lowest BCUT2D eigenvalue weighted by Gasteiger charge is -2.59. The topological polar surface area (TPSA) is 218 Å². The Labute approximate surface area is 347 Å². The van der Waals surface area contributed by atoms with Gasteiger partial charge in [0.15, 0.2) is 23.5 Å². The number of nitrogens with one attached hydrogen (secondary N) is 3. The van der Waals surface area contributed by atoms with Crippen molar-refractivity contribution in [2.45, 2.75) is 88.9 Å². The van der Waals surface area contributed by atoms with E-state index in [9.17, 15) is 44.1 Å². The van der Waals surface area contributed by atoms with Gasteiger partial charge in [-0.25, -0.2) is 0 Å². The van der Waals surface area contributed by atoms with Crippen molar-refractivity contribution in [3.8, 4) is 0 Å². The Balaban J connectivity index is 1.07. The largest absolute Gasteiger partial charge is 0.481 e. The van der Waals surface area contributed by atoms with Crippen molar-refractivity contribution in [1.29, 1.82) is 0 Å². The number of carbonyl (C=O) groups excluding carboxylic acids is 5. The number of benzene rings is 1. The standard InChI is InChI=1S/C42H48BrN3O11S/c1-40-11-10-26(48)14-24(40)6-7-27-29-15-33-42(32(50)19-47,41(29,2)16-31(49)37(27)40)57-39(56-33)28-21-58-20-23(28)12-22-4-3-5-25(13-22)45-38(55)30(8-9-36(53)54)46-35(52)18-44-34(51)17-43/h3-5,10-11,13-14,20-21,27,29-31,33,37,39,47,49H,6-9,12,15-19H2,1-2H3,(H,44,51)(H,45,55)(H,46,52)(H,53,54)/t27-,29-,30-,31-,33+,37+,39+,40-,41-,42+/m0/s1. The molecular formula is C42H48BrN3O11S. The number of hydrogen-bond donors (Lipinski definition) is 6. The van der Waals surface area contributed by atoms with Crippen LogP contribution in [-0.2, 0) is 44.7 Å². The average Bonchev–Trinajstić information content (AvgIpc) is 3.87. The van der Waals surface area contributed by atoms with E-state index in [2.05, 4.69) is 38.8 Å². The van der Waals surface area contributed by atoms with Gasteiger partial charge in [-0.3, -0.25) is 28.8 Å². The van der Waals surface area contributed by atoms with Gasteiger partial charge in [0.1, 0.15) is 12.6 Å². The van der Waals surface area contributed by atoms with Crippen molar-refractivity contribution in [2.75, 3.05) is 23.8 Å². The number of thiophene rings is 1. The van der Waals surface area contributed by atoms with E-state index in [1.54, 1.807) is 30.4 Å². The second kappa shape index (κ2) is 16.5. The lowest BCUT2D eigenvalue weighted by atomic mass is 9.46. The number of fused-ring (bicyclic) bond motifs is 7. The van der Waals surface area contributed by atoms with Crippen LogP contribution in [0, 0.1) is 28.6 Å². The maximum atomic E-state index is 14.0. The van der Waals surface area contributed by atoms with Crippen LogP contribution in [0.5, 0.6) is 0 Å². The zero-order chi connectivity index (χ0) is 41.6. The normalized spacial score (nSPS) is 32.5. The lowest BCUT2D eigenvalue weighted by Crippen LogP contribution is -2.63. The Morgan fingerprint density at radius 3 is 2.66 bits per heavy atom. The molecule has 1 aliphatic heterocycles. The molecule has 3 amide bonds. The first-order valence-corrected chi connectivity index (χ1v) is 21.6.